The molecule has 212 valence electrons. The molecule has 4 aromatic carbocycles. The molecule has 10 heteroatoms. The Morgan fingerprint density at radius 1 is 0.805 bits per heavy atom. The highest BCUT2D eigenvalue weighted by atomic mass is 35.5. The first-order valence-electron chi connectivity index (χ1n) is 12.8. The van der Waals surface area contributed by atoms with Crippen molar-refractivity contribution in [3.8, 4) is 0 Å². The normalized spacial score (nSPS) is 11.9. The van der Waals surface area contributed by atoms with Crippen molar-refractivity contribution in [1.82, 2.24) is 10.2 Å². The summed E-state index contributed by atoms with van der Waals surface area (Å²) in [6, 6.07) is 29.5. The zero-order valence-corrected chi connectivity index (χ0v) is 24.6. The molecule has 0 aliphatic carbocycles. The van der Waals surface area contributed by atoms with E-state index < -0.39 is 28.5 Å². The molecule has 0 fully saturated rings. The molecule has 0 radical (unpaired) electrons. The number of hydrogen-bond acceptors (Lipinski definition) is 4. The summed E-state index contributed by atoms with van der Waals surface area (Å²) in [6.45, 7) is -0.561. The van der Waals surface area contributed by atoms with E-state index >= 15 is 0 Å². The van der Waals surface area contributed by atoms with Crippen LogP contribution in [0.25, 0.3) is 0 Å². The summed E-state index contributed by atoms with van der Waals surface area (Å²) in [6.07, 6.45) is 0.214. The smallest absolute Gasteiger partial charge is 0.264 e. The van der Waals surface area contributed by atoms with Crippen LogP contribution in [0.2, 0.25) is 10.0 Å². The van der Waals surface area contributed by atoms with E-state index in [9.17, 15) is 18.0 Å². The van der Waals surface area contributed by atoms with Crippen molar-refractivity contribution in [3.63, 3.8) is 0 Å². The molecule has 0 bridgehead atoms. The number of anilines is 1. The summed E-state index contributed by atoms with van der Waals surface area (Å²) >= 11 is 12.5. The number of rotatable bonds is 11. The fourth-order valence-corrected chi connectivity index (χ4v) is 6.12. The monoisotopic (exact) mass is 609 g/mol. The predicted molar refractivity (Wildman–Crippen MR) is 162 cm³/mol. The Kier molecular flexibility index (Phi) is 10.0. The summed E-state index contributed by atoms with van der Waals surface area (Å²) in [5.41, 5.74) is 1.76. The fourth-order valence-electron chi connectivity index (χ4n) is 4.39. The molecule has 4 rings (SSSR count). The van der Waals surface area contributed by atoms with Gasteiger partial charge in [0.05, 0.1) is 10.6 Å². The van der Waals surface area contributed by atoms with E-state index in [1.165, 1.54) is 36.2 Å². The van der Waals surface area contributed by atoms with Crippen LogP contribution < -0.4 is 9.62 Å². The highest BCUT2D eigenvalue weighted by Gasteiger charge is 2.34. The molecule has 1 atom stereocenters. The predicted octanol–water partition coefficient (Wildman–Crippen LogP) is 5.57. The number of likely N-dealkylation sites (N-methyl/N-ethyl adjacent to an activating group) is 1. The molecule has 4 aromatic rings. The first-order chi connectivity index (χ1) is 19.7. The van der Waals surface area contributed by atoms with E-state index in [1.54, 1.807) is 54.6 Å². The second-order valence-electron chi connectivity index (χ2n) is 9.23. The minimum atomic E-state index is -4.19. The second-order valence-corrected chi connectivity index (χ2v) is 11.9. The Labute approximate surface area is 250 Å². The van der Waals surface area contributed by atoms with E-state index in [4.69, 9.17) is 23.2 Å². The Bertz CT molecular complexity index is 1580. The van der Waals surface area contributed by atoms with Gasteiger partial charge in [0.2, 0.25) is 11.8 Å². The summed E-state index contributed by atoms with van der Waals surface area (Å²) < 4.78 is 28.8. The van der Waals surface area contributed by atoms with Crippen molar-refractivity contribution in [2.45, 2.75) is 23.9 Å². The molecule has 7 nitrogen and oxygen atoms in total. The van der Waals surface area contributed by atoms with Crippen LogP contribution in [0, 0.1) is 0 Å². The molecule has 0 saturated carbocycles. The number of nitrogens with zero attached hydrogens (tertiary/aromatic N) is 2. The molecule has 0 unspecified atom stereocenters. The molecule has 0 aliphatic rings. The van der Waals surface area contributed by atoms with Crippen molar-refractivity contribution >= 4 is 50.7 Å². The molecule has 0 aromatic heterocycles. The van der Waals surface area contributed by atoms with Gasteiger partial charge in [-0.05, 0) is 53.6 Å². The maximum absolute atomic E-state index is 14.2. The maximum atomic E-state index is 14.2. The second kappa shape index (κ2) is 13.7. The van der Waals surface area contributed by atoms with Crippen molar-refractivity contribution in [3.05, 3.63) is 130 Å². The van der Waals surface area contributed by atoms with Gasteiger partial charge in [-0.2, -0.15) is 0 Å². The zero-order chi connectivity index (χ0) is 29.4. The van der Waals surface area contributed by atoms with Crippen LogP contribution in [0.1, 0.15) is 11.1 Å². The topological polar surface area (TPSA) is 86.8 Å². The maximum Gasteiger partial charge on any atom is 0.264 e. The third-order valence-corrected chi connectivity index (χ3v) is 8.95. The lowest BCUT2D eigenvalue weighted by molar-refractivity contribution is -0.139. The number of carbonyl (C=O) groups excluding carboxylic acids is 2. The number of nitrogens with one attached hydrogen (secondary N) is 1. The number of para-hydroxylation sites is 1. The molecule has 0 spiro atoms. The summed E-state index contributed by atoms with van der Waals surface area (Å²) in [7, 11) is -2.69. The van der Waals surface area contributed by atoms with Gasteiger partial charge in [0.1, 0.15) is 12.6 Å². The van der Waals surface area contributed by atoms with Gasteiger partial charge in [-0.1, -0.05) is 89.9 Å². The van der Waals surface area contributed by atoms with E-state index in [0.717, 1.165) is 9.87 Å². The molecule has 0 heterocycles. The molecular formula is C31H29Cl2N3O4S. The first-order valence-corrected chi connectivity index (χ1v) is 15.0. The van der Waals surface area contributed by atoms with Gasteiger partial charge in [0.15, 0.2) is 0 Å². The lowest BCUT2D eigenvalue weighted by Crippen LogP contribution is -2.53. The van der Waals surface area contributed by atoms with Crippen molar-refractivity contribution in [2.75, 3.05) is 17.9 Å². The summed E-state index contributed by atoms with van der Waals surface area (Å²) in [4.78, 5) is 28.8. The minimum absolute atomic E-state index is 0.00690. The molecule has 2 amide bonds. The van der Waals surface area contributed by atoms with Crippen LogP contribution in [-0.2, 0) is 32.6 Å². The molecule has 1 N–H and O–H groups in total. The minimum Gasteiger partial charge on any atom is -0.357 e. The fraction of sp³-hybridized carbons (Fsp3) is 0.161. The number of sulfonamides is 1. The first kappa shape index (κ1) is 30.1. The average Bonchev–Trinajstić information content (AvgIpc) is 2.99. The highest BCUT2D eigenvalue weighted by molar-refractivity contribution is 7.92. The summed E-state index contributed by atoms with van der Waals surface area (Å²) in [5, 5.41) is 3.46. The Morgan fingerprint density at radius 2 is 1.39 bits per heavy atom. The van der Waals surface area contributed by atoms with Crippen LogP contribution in [0.15, 0.2) is 114 Å². The van der Waals surface area contributed by atoms with Crippen molar-refractivity contribution < 1.29 is 18.0 Å². The quantitative estimate of drug-likeness (QED) is 0.241. The van der Waals surface area contributed by atoms with Gasteiger partial charge >= 0.3 is 0 Å². The van der Waals surface area contributed by atoms with Crippen LogP contribution >= 0.6 is 23.2 Å². The molecule has 0 aliphatic heterocycles. The van der Waals surface area contributed by atoms with E-state index in [2.05, 4.69) is 5.32 Å². The van der Waals surface area contributed by atoms with Crippen LogP contribution in [0.4, 0.5) is 5.69 Å². The number of amides is 2. The zero-order valence-electron chi connectivity index (χ0n) is 22.3. The number of carbonyl (C=O) groups is 2. The standard InChI is InChI=1S/C31H29Cl2N3O4S/c1-34-31(38)29(20-23-10-4-2-5-11-23)35(21-24-12-8-9-15-28(24)33)30(37)22-36(26-13-6-3-7-14-26)41(39,40)27-18-16-25(32)17-19-27/h2-19,29H,20-22H2,1H3,(H,34,38)/t29-/m0/s1. The third kappa shape index (κ3) is 7.47. The van der Waals surface area contributed by atoms with Crippen molar-refractivity contribution in [2.24, 2.45) is 0 Å². The van der Waals surface area contributed by atoms with Gasteiger partial charge in [0, 0.05) is 30.1 Å². The van der Waals surface area contributed by atoms with Crippen LogP contribution in [0.5, 0.6) is 0 Å². The number of hydrogen-bond donors (Lipinski definition) is 1. The highest BCUT2D eigenvalue weighted by Crippen LogP contribution is 2.26. The lowest BCUT2D eigenvalue weighted by atomic mass is 10.0. The molecule has 0 saturated heterocycles. The Hall–Kier alpha value is -3.85. The largest absolute Gasteiger partial charge is 0.357 e. The Balaban J connectivity index is 1.78. The van der Waals surface area contributed by atoms with Gasteiger partial charge in [-0.15, -0.1) is 0 Å². The molecule has 41 heavy (non-hydrogen) atoms. The third-order valence-electron chi connectivity index (χ3n) is 6.54. The van der Waals surface area contributed by atoms with Crippen LogP contribution in [0.3, 0.4) is 0 Å². The number of halogens is 2. The van der Waals surface area contributed by atoms with E-state index in [0.29, 0.717) is 21.3 Å². The van der Waals surface area contributed by atoms with Crippen molar-refractivity contribution in [1.29, 1.82) is 0 Å². The lowest BCUT2D eigenvalue weighted by Gasteiger charge is -2.33. The van der Waals surface area contributed by atoms with Gasteiger partial charge in [-0.25, -0.2) is 8.42 Å². The van der Waals surface area contributed by atoms with Gasteiger partial charge < -0.3 is 10.2 Å². The number of benzene rings is 4. The molecular weight excluding hydrogens is 581 g/mol. The van der Waals surface area contributed by atoms with Gasteiger partial charge in [-0.3, -0.25) is 13.9 Å². The van der Waals surface area contributed by atoms with E-state index in [-0.39, 0.29) is 23.8 Å². The Morgan fingerprint density at radius 3 is 2.00 bits per heavy atom. The van der Waals surface area contributed by atoms with Crippen LogP contribution in [-0.4, -0.2) is 44.8 Å². The van der Waals surface area contributed by atoms with Gasteiger partial charge in [0.25, 0.3) is 10.0 Å². The van der Waals surface area contributed by atoms with E-state index in [1.807, 2.05) is 30.3 Å². The average molecular weight is 611 g/mol. The summed E-state index contributed by atoms with van der Waals surface area (Å²) in [5.74, 6) is -0.961. The SMILES string of the molecule is CNC(=O)[C@H](Cc1ccccc1)N(Cc1ccccc1Cl)C(=O)CN(c1ccccc1)S(=O)(=O)c1ccc(Cl)cc1.